The molecule has 1 nitrogen and oxygen atoms in total. The van der Waals surface area contributed by atoms with Crippen molar-refractivity contribution < 1.29 is 4.55 Å². The number of rotatable bonds is 3. The van der Waals surface area contributed by atoms with Crippen LogP contribution in [0, 0.1) is 0 Å². The van der Waals surface area contributed by atoms with Gasteiger partial charge in [-0.3, -0.25) is 0 Å². The predicted molar refractivity (Wildman–Crippen MR) is 49.7 cm³/mol. The van der Waals surface area contributed by atoms with E-state index in [0.717, 1.165) is 6.42 Å². The highest BCUT2D eigenvalue weighted by Crippen LogP contribution is 2.16. The van der Waals surface area contributed by atoms with E-state index >= 15 is 0 Å². The largest absolute Gasteiger partial charge is 0.611 e. The molecule has 1 rings (SSSR count). The molecule has 0 saturated carbocycles. The Bertz CT molecular complexity index is 163. The molecular formula is C9H14OS. The molecule has 0 amide bonds. The maximum Gasteiger partial charge on any atom is 0.139 e. The Balaban J connectivity index is 2.33. The van der Waals surface area contributed by atoms with E-state index in [4.69, 9.17) is 0 Å². The first-order valence-electron chi connectivity index (χ1n) is 4.09. The van der Waals surface area contributed by atoms with Crippen LogP contribution in [0.5, 0.6) is 0 Å². The predicted octanol–water partition coefficient (Wildman–Crippen LogP) is 2.38. The van der Waals surface area contributed by atoms with Crippen molar-refractivity contribution in [2.24, 2.45) is 0 Å². The lowest BCUT2D eigenvalue weighted by Crippen LogP contribution is -2.18. The minimum atomic E-state index is -0.747. The first-order chi connectivity index (χ1) is 5.34. The standard InChI is InChI=1S/C9H14OS/c1-2-3-6-9-7-4-5-8-11(9)10/h4-5,7-9H,2-3,6H2,1H3. The van der Waals surface area contributed by atoms with E-state index in [9.17, 15) is 4.55 Å². The summed E-state index contributed by atoms with van der Waals surface area (Å²) in [6, 6.07) is 0. The summed E-state index contributed by atoms with van der Waals surface area (Å²) in [6.07, 6.45) is 9.32. The Kier molecular flexibility index (Phi) is 3.73. The van der Waals surface area contributed by atoms with E-state index in [1.54, 1.807) is 5.41 Å². The van der Waals surface area contributed by atoms with Gasteiger partial charge in [-0.25, -0.2) is 0 Å². The van der Waals surface area contributed by atoms with E-state index in [-0.39, 0.29) is 5.25 Å². The molecule has 0 fully saturated rings. The molecule has 2 unspecified atom stereocenters. The highest BCUT2D eigenvalue weighted by molar-refractivity contribution is 7.95. The van der Waals surface area contributed by atoms with Crippen LogP contribution < -0.4 is 0 Å². The van der Waals surface area contributed by atoms with E-state index in [2.05, 4.69) is 6.92 Å². The molecule has 1 aliphatic heterocycles. The van der Waals surface area contributed by atoms with Crippen molar-refractivity contribution in [1.82, 2.24) is 0 Å². The fourth-order valence-electron chi connectivity index (χ4n) is 1.11. The van der Waals surface area contributed by atoms with Gasteiger partial charge >= 0.3 is 0 Å². The van der Waals surface area contributed by atoms with Crippen LogP contribution in [0.2, 0.25) is 0 Å². The van der Waals surface area contributed by atoms with Gasteiger partial charge in [0.05, 0.1) is 0 Å². The lowest BCUT2D eigenvalue weighted by molar-refractivity contribution is 0.586. The van der Waals surface area contributed by atoms with Gasteiger partial charge in [-0.2, -0.15) is 0 Å². The molecule has 0 aromatic heterocycles. The Morgan fingerprint density at radius 2 is 2.27 bits per heavy atom. The fourth-order valence-corrected chi connectivity index (χ4v) is 2.20. The number of unbranched alkanes of at least 4 members (excludes halogenated alkanes) is 1. The van der Waals surface area contributed by atoms with Crippen molar-refractivity contribution in [1.29, 1.82) is 0 Å². The number of hydrogen-bond acceptors (Lipinski definition) is 1. The molecule has 1 heterocycles. The summed E-state index contributed by atoms with van der Waals surface area (Å²) in [5.41, 5.74) is 0. The van der Waals surface area contributed by atoms with Crippen molar-refractivity contribution in [2.75, 3.05) is 0 Å². The molecule has 0 saturated heterocycles. The molecule has 0 radical (unpaired) electrons. The third-order valence-corrected chi connectivity index (χ3v) is 3.21. The van der Waals surface area contributed by atoms with Gasteiger partial charge in [0.2, 0.25) is 0 Å². The van der Waals surface area contributed by atoms with Gasteiger partial charge in [0.25, 0.3) is 0 Å². The summed E-state index contributed by atoms with van der Waals surface area (Å²) in [4.78, 5) is 0. The molecule has 0 aliphatic carbocycles. The molecule has 62 valence electrons. The molecular weight excluding hydrogens is 156 g/mol. The molecule has 0 aromatic carbocycles. The summed E-state index contributed by atoms with van der Waals surface area (Å²) in [6.45, 7) is 2.16. The van der Waals surface area contributed by atoms with Gasteiger partial charge in [-0.15, -0.1) is 0 Å². The second-order valence-corrected chi connectivity index (χ2v) is 4.26. The fraction of sp³-hybridized carbons (Fsp3) is 0.556. The van der Waals surface area contributed by atoms with Gasteiger partial charge in [0.15, 0.2) is 0 Å². The van der Waals surface area contributed by atoms with Crippen molar-refractivity contribution >= 4 is 11.2 Å². The van der Waals surface area contributed by atoms with Crippen LogP contribution in [0.4, 0.5) is 0 Å². The zero-order valence-electron chi connectivity index (χ0n) is 6.82. The van der Waals surface area contributed by atoms with Crippen molar-refractivity contribution in [3.63, 3.8) is 0 Å². The van der Waals surface area contributed by atoms with Crippen LogP contribution >= 0.6 is 0 Å². The van der Waals surface area contributed by atoms with Gasteiger partial charge in [0, 0.05) is 0 Å². The maximum absolute atomic E-state index is 11.3. The minimum Gasteiger partial charge on any atom is -0.611 e. The Labute approximate surface area is 71.4 Å². The van der Waals surface area contributed by atoms with Crippen LogP contribution in [0.1, 0.15) is 26.2 Å². The highest BCUT2D eigenvalue weighted by Gasteiger charge is 2.17. The van der Waals surface area contributed by atoms with E-state index < -0.39 is 11.2 Å². The summed E-state index contributed by atoms with van der Waals surface area (Å²) in [5.74, 6) is 0. The van der Waals surface area contributed by atoms with Crippen molar-refractivity contribution in [3.8, 4) is 0 Å². The SMILES string of the molecule is CCCCC1C=CC=C[S+]1[O-]. The Morgan fingerprint density at radius 1 is 1.45 bits per heavy atom. The van der Waals surface area contributed by atoms with E-state index in [1.807, 2.05) is 18.2 Å². The van der Waals surface area contributed by atoms with E-state index in [0.29, 0.717) is 0 Å². The summed E-state index contributed by atoms with van der Waals surface area (Å²) < 4.78 is 11.3. The number of hydrogen-bond donors (Lipinski definition) is 0. The quantitative estimate of drug-likeness (QED) is 0.596. The van der Waals surface area contributed by atoms with Crippen LogP contribution in [0.25, 0.3) is 0 Å². The van der Waals surface area contributed by atoms with Crippen LogP contribution in [0.3, 0.4) is 0 Å². The van der Waals surface area contributed by atoms with Crippen molar-refractivity contribution in [3.05, 3.63) is 23.6 Å². The molecule has 2 atom stereocenters. The topological polar surface area (TPSA) is 23.1 Å². The molecule has 2 heteroatoms. The first kappa shape index (κ1) is 8.88. The summed E-state index contributed by atoms with van der Waals surface area (Å²) >= 11 is -0.747. The van der Waals surface area contributed by atoms with Gasteiger partial charge in [-0.1, -0.05) is 19.4 Å². The van der Waals surface area contributed by atoms with Gasteiger partial charge in [0.1, 0.15) is 10.7 Å². The average molecular weight is 170 g/mol. The normalized spacial score (nSPS) is 29.3. The van der Waals surface area contributed by atoms with Crippen LogP contribution in [-0.4, -0.2) is 9.80 Å². The minimum absolute atomic E-state index is 0.278. The highest BCUT2D eigenvalue weighted by atomic mass is 32.2. The number of allylic oxidation sites excluding steroid dienone is 2. The average Bonchev–Trinajstić information content (AvgIpc) is 2.03. The molecule has 1 aliphatic rings. The third-order valence-electron chi connectivity index (χ3n) is 1.79. The Morgan fingerprint density at radius 3 is 2.91 bits per heavy atom. The lowest BCUT2D eigenvalue weighted by Gasteiger charge is -2.16. The van der Waals surface area contributed by atoms with E-state index in [1.165, 1.54) is 12.8 Å². The monoisotopic (exact) mass is 170 g/mol. The summed E-state index contributed by atoms with van der Waals surface area (Å²) in [5, 5.41) is 2.06. The van der Waals surface area contributed by atoms with Crippen molar-refractivity contribution in [2.45, 2.75) is 31.4 Å². The van der Waals surface area contributed by atoms with Gasteiger partial charge < -0.3 is 4.55 Å². The Hall–Kier alpha value is -0.210. The maximum atomic E-state index is 11.3. The van der Waals surface area contributed by atoms with Crippen LogP contribution in [-0.2, 0) is 11.2 Å². The molecule has 11 heavy (non-hydrogen) atoms. The molecule has 0 bridgehead atoms. The lowest BCUT2D eigenvalue weighted by atomic mass is 10.2. The molecule has 0 N–H and O–H groups in total. The smallest absolute Gasteiger partial charge is 0.139 e. The second-order valence-electron chi connectivity index (χ2n) is 2.72. The summed E-state index contributed by atoms with van der Waals surface area (Å²) in [7, 11) is 0. The first-order valence-corrected chi connectivity index (χ1v) is 5.36. The molecule has 0 spiro atoms. The zero-order chi connectivity index (χ0) is 8.10. The second kappa shape index (κ2) is 4.62. The van der Waals surface area contributed by atoms with Crippen LogP contribution in [0.15, 0.2) is 23.6 Å². The molecule has 0 aromatic rings. The zero-order valence-corrected chi connectivity index (χ0v) is 7.64. The third kappa shape index (κ3) is 2.72. The van der Waals surface area contributed by atoms with Gasteiger partial charge in [-0.05, 0) is 36.2 Å².